The molecule has 1 heterocycles. The Morgan fingerprint density at radius 1 is 1.08 bits per heavy atom. The van der Waals surface area contributed by atoms with Crippen molar-refractivity contribution in [3.8, 4) is 0 Å². The lowest BCUT2D eigenvalue weighted by Crippen LogP contribution is -2.37. The van der Waals surface area contributed by atoms with E-state index in [2.05, 4.69) is 20.9 Å². The molecule has 0 spiro atoms. The van der Waals surface area contributed by atoms with Crippen LogP contribution in [0.4, 0.5) is 4.79 Å². The number of para-hydroxylation sites is 1. The summed E-state index contributed by atoms with van der Waals surface area (Å²) in [6, 6.07) is 15.4. The minimum absolute atomic E-state index is 0.171. The molecule has 0 aliphatic heterocycles. The zero-order valence-corrected chi connectivity index (χ0v) is 14.5. The van der Waals surface area contributed by atoms with Gasteiger partial charge in [0.15, 0.2) is 0 Å². The van der Waals surface area contributed by atoms with Crippen molar-refractivity contribution in [3.63, 3.8) is 0 Å². The molecule has 0 bridgehead atoms. The maximum atomic E-state index is 11.8. The van der Waals surface area contributed by atoms with E-state index in [1.165, 1.54) is 5.56 Å². The van der Waals surface area contributed by atoms with Gasteiger partial charge in [-0.15, -0.1) is 5.10 Å². The number of nitrogens with zero attached hydrogens (tertiary/aromatic N) is 3. The molecule has 130 valence electrons. The largest absolute Gasteiger partial charge is 0.338 e. The number of hydrogen-bond donors (Lipinski definition) is 2. The Kier molecular flexibility index (Phi) is 5.85. The quantitative estimate of drug-likeness (QED) is 0.638. The Hall–Kier alpha value is -2.60. The number of nitrogens with one attached hydrogen (secondary N) is 2. The molecule has 3 aromatic rings. The van der Waals surface area contributed by atoms with Crippen molar-refractivity contribution in [1.82, 2.24) is 25.6 Å². The van der Waals surface area contributed by atoms with E-state index in [0.29, 0.717) is 19.6 Å². The van der Waals surface area contributed by atoms with Crippen LogP contribution >= 0.6 is 11.6 Å². The van der Waals surface area contributed by atoms with Gasteiger partial charge in [-0.05, 0) is 42.7 Å². The molecule has 25 heavy (non-hydrogen) atoms. The van der Waals surface area contributed by atoms with Crippen molar-refractivity contribution >= 4 is 28.7 Å². The summed E-state index contributed by atoms with van der Waals surface area (Å²) in [5.74, 6) is 0. The molecule has 1 aromatic heterocycles. The number of fused-ring (bicyclic) bond motifs is 1. The fourth-order valence-corrected chi connectivity index (χ4v) is 2.82. The third-order valence-electron chi connectivity index (χ3n) is 3.85. The molecule has 6 nitrogen and oxygen atoms in total. The van der Waals surface area contributed by atoms with Gasteiger partial charge >= 0.3 is 6.03 Å². The maximum absolute atomic E-state index is 11.8. The van der Waals surface area contributed by atoms with Gasteiger partial charge in [0.05, 0.1) is 12.1 Å². The second-order valence-corrected chi connectivity index (χ2v) is 6.15. The average Bonchev–Trinajstić information content (AvgIpc) is 3.02. The monoisotopic (exact) mass is 357 g/mol. The molecule has 7 heteroatoms. The van der Waals surface area contributed by atoms with Crippen LogP contribution in [0.2, 0.25) is 5.02 Å². The summed E-state index contributed by atoms with van der Waals surface area (Å²) in [5, 5.41) is 14.6. The molecular weight excluding hydrogens is 338 g/mol. The summed E-state index contributed by atoms with van der Waals surface area (Å²) in [6.07, 6.45) is 1.74. The Bertz CT molecular complexity index is 848. The fourth-order valence-electron chi connectivity index (χ4n) is 2.61. The highest BCUT2D eigenvalue weighted by atomic mass is 35.5. The predicted molar refractivity (Wildman–Crippen MR) is 98.7 cm³/mol. The van der Waals surface area contributed by atoms with Crippen molar-refractivity contribution in [2.45, 2.75) is 19.4 Å². The lowest BCUT2D eigenvalue weighted by Gasteiger charge is -2.08. The minimum Gasteiger partial charge on any atom is -0.338 e. The standard InChI is InChI=1S/C18H20ClN5O/c19-15-7-3-5-14(13-15)6-4-10-20-18(25)21-11-12-24-17-9-2-1-8-16(17)22-23-24/h1-3,5,7-9,13H,4,6,10-12H2,(H2,20,21,25). The smallest absolute Gasteiger partial charge is 0.314 e. The number of aromatic nitrogens is 3. The number of amides is 2. The molecule has 0 radical (unpaired) electrons. The predicted octanol–water partition coefficient (Wildman–Crippen LogP) is 3.02. The second-order valence-electron chi connectivity index (χ2n) is 5.72. The van der Waals surface area contributed by atoms with E-state index in [9.17, 15) is 4.79 Å². The molecular formula is C18H20ClN5O. The summed E-state index contributed by atoms with van der Waals surface area (Å²) < 4.78 is 1.79. The summed E-state index contributed by atoms with van der Waals surface area (Å²) in [6.45, 7) is 1.69. The highest BCUT2D eigenvalue weighted by Crippen LogP contribution is 2.12. The number of hydrogen-bond acceptors (Lipinski definition) is 3. The second kappa shape index (κ2) is 8.48. The Labute approximate surface area is 151 Å². The Morgan fingerprint density at radius 2 is 1.92 bits per heavy atom. The first kappa shape index (κ1) is 17.2. The normalized spacial score (nSPS) is 10.8. The van der Waals surface area contributed by atoms with Crippen molar-refractivity contribution in [2.24, 2.45) is 0 Å². The van der Waals surface area contributed by atoms with Crippen LogP contribution < -0.4 is 10.6 Å². The number of carbonyl (C=O) groups is 1. The summed E-state index contributed by atoms with van der Waals surface area (Å²) in [4.78, 5) is 11.8. The van der Waals surface area contributed by atoms with Crippen LogP contribution in [0.1, 0.15) is 12.0 Å². The molecule has 0 unspecified atom stereocenters. The molecule has 0 aliphatic carbocycles. The van der Waals surface area contributed by atoms with Gasteiger partial charge in [-0.3, -0.25) is 0 Å². The highest BCUT2D eigenvalue weighted by molar-refractivity contribution is 6.30. The van der Waals surface area contributed by atoms with Crippen molar-refractivity contribution in [1.29, 1.82) is 0 Å². The van der Waals surface area contributed by atoms with E-state index in [-0.39, 0.29) is 6.03 Å². The number of aryl methyl sites for hydroxylation is 1. The van der Waals surface area contributed by atoms with Gasteiger partial charge in [0.25, 0.3) is 0 Å². The van der Waals surface area contributed by atoms with E-state index in [0.717, 1.165) is 28.9 Å². The molecule has 2 N–H and O–H groups in total. The summed E-state index contributed by atoms with van der Waals surface area (Å²) in [7, 11) is 0. The first-order valence-corrected chi connectivity index (χ1v) is 8.64. The van der Waals surface area contributed by atoms with Crippen LogP contribution in [0.5, 0.6) is 0 Å². The van der Waals surface area contributed by atoms with Crippen molar-refractivity contribution in [3.05, 3.63) is 59.1 Å². The maximum Gasteiger partial charge on any atom is 0.314 e. The van der Waals surface area contributed by atoms with Gasteiger partial charge in [-0.1, -0.05) is 41.1 Å². The van der Waals surface area contributed by atoms with Crippen LogP contribution in [0, 0.1) is 0 Å². The topological polar surface area (TPSA) is 71.8 Å². The molecule has 2 amide bonds. The molecule has 0 aliphatic rings. The van der Waals surface area contributed by atoms with Crippen LogP contribution in [0.25, 0.3) is 11.0 Å². The number of rotatable bonds is 7. The van der Waals surface area contributed by atoms with Crippen LogP contribution in [-0.4, -0.2) is 34.1 Å². The van der Waals surface area contributed by atoms with Gasteiger partial charge in [0.2, 0.25) is 0 Å². The van der Waals surface area contributed by atoms with E-state index in [4.69, 9.17) is 11.6 Å². The third-order valence-corrected chi connectivity index (χ3v) is 4.08. The lowest BCUT2D eigenvalue weighted by molar-refractivity contribution is 0.240. The zero-order valence-electron chi connectivity index (χ0n) is 13.8. The molecule has 0 atom stereocenters. The number of benzene rings is 2. The van der Waals surface area contributed by atoms with E-state index in [1.54, 1.807) is 4.68 Å². The van der Waals surface area contributed by atoms with E-state index < -0.39 is 0 Å². The SMILES string of the molecule is O=C(NCCCc1cccc(Cl)c1)NCCn1nnc2ccccc21. The highest BCUT2D eigenvalue weighted by Gasteiger charge is 2.04. The van der Waals surface area contributed by atoms with Crippen LogP contribution in [0.3, 0.4) is 0 Å². The van der Waals surface area contributed by atoms with Gasteiger partial charge < -0.3 is 10.6 Å². The number of halogens is 1. The van der Waals surface area contributed by atoms with Gasteiger partial charge in [-0.2, -0.15) is 0 Å². The average molecular weight is 358 g/mol. The van der Waals surface area contributed by atoms with Crippen molar-refractivity contribution < 1.29 is 4.79 Å². The zero-order chi connectivity index (χ0) is 17.5. The fraction of sp³-hybridized carbons (Fsp3) is 0.278. The first-order chi connectivity index (χ1) is 12.2. The number of carbonyl (C=O) groups excluding carboxylic acids is 1. The van der Waals surface area contributed by atoms with E-state index in [1.807, 2.05) is 48.5 Å². The molecule has 0 saturated carbocycles. The van der Waals surface area contributed by atoms with Gasteiger partial charge in [-0.25, -0.2) is 9.48 Å². The van der Waals surface area contributed by atoms with Crippen LogP contribution in [-0.2, 0) is 13.0 Å². The number of urea groups is 1. The van der Waals surface area contributed by atoms with Gasteiger partial charge in [0, 0.05) is 18.1 Å². The minimum atomic E-state index is -0.171. The molecule has 0 fully saturated rings. The Balaban J connectivity index is 1.34. The third kappa shape index (κ3) is 4.93. The Morgan fingerprint density at radius 3 is 2.80 bits per heavy atom. The summed E-state index contributed by atoms with van der Waals surface area (Å²) >= 11 is 5.95. The van der Waals surface area contributed by atoms with Gasteiger partial charge in [0.1, 0.15) is 5.52 Å². The molecule has 0 saturated heterocycles. The molecule has 3 rings (SSSR count). The lowest BCUT2D eigenvalue weighted by atomic mass is 10.1. The first-order valence-electron chi connectivity index (χ1n) is 8.27. The van der Waals surface area contributed by atoms with Crippen LogP contribution in [0.15, 0.2) is 48.5 Å². The molecule has 2 aromatic carbocycles. The van der Waals surface area contributed by atoms with Crippen molar-refractivity contribution in [2.75, 3.05) is 13.1 Å². The van der Waals surface area contributed by atoms with E-state index >= 15 is 0 Å². The summed E-state index contributed by atoms with van der Waals surface area (Å²) in [5.41, 5.74) is 2.99.